The number of fused-ring (bicyclic) bond motifs is 1. The van der Waals surface area contributed by atoms with Gasteiger partial charge in [-0.1, -0.05) is 35.9 Å². The number of nitrogens with one attached hydrogen (secondary N) is 3. The molecule has 2 aliphatic heterocycles. The molecule has 3 N–H and O–H groups in total. The van der Waals surface area contributed by atoms with Crippen LogP contribution in [0.15, 0.2) is 47.5 Å². The lowest BCUT2D eigenvalue weighted by atomic mass is 9.85. The molecule has 130 valence electrons. The lowest BCUT2D eigenvalue weighted by molar-refractivity contribution is 0.412. The molecule has 0 bridgehead atoms. The Morgan fingerprint density at radius 1 is 1.12 bits per heavy atom. The highest BCUT2D eigenvalue weighted by atomic mass is 35.5. The molecule has 0 aromatic heterocycles. The van der Waals surface area contributed by atoms with Gasteiger partial charge >= 0.3 is 0 Å². The number of aliphatic imine (C=N–C) groups is 1. The van der Waals surface area contributed by atoms with Crippen molar-refractivity contribution >= 4 is 28.8 Å². The van der Waals surface area contributed by atoms with E-state index in [0.29, 0.717) is 12.1 Å². The van der Waals surface area contributed by atoms with E-state index in [1.807, 2.05) is 18.2 Å². The number of para-hydroxylation sites is 2. The van der Waals surface area contributed by atoms with E-state index in [1.54, 1.807) is 18.2 Å². The number of amidine groups is 1. The fourth-order valence-electron chi connectivity index (χ4n) is 3.51. The van der Waals surface area contributed by atoms with Crippen molar-refractivity contribution in [2.45, 2.75) is 24.9 Å². The summed E-state index contributed by atoms with van der Waals surface area (Å²) in [7, 11) is 0. The predicted octanol–water partition coefficient (Wildman–Crippen LogP) is 3.85. The van der Waals surface area contributed by atoms with Crippen LogP contribution < -0.4 is 16.0 Å². The summed E-state index contributed by atoms with van der Waals surface area (Å²) in [6.07, 6.45) is 1.84. The van der Waals surface area contributed by atoms with Gasteiger partial charge in [-0.05, 0) is 44.1 Å². The summed E-state index contributed by atoms with van der Waals surface area (Å²) in [6.45, 7) is 2.19. The van der Waals surface area contributed by atoms with Gasteiger partial charge in [-0.25, -0.2) is 9.38 Å². The zero-order valence-electron chi connectivity index (χ0n) is 13.8. The molecule has 2 aromatic rings. The molecule has 1 saturated heterocycles. The summed E-state index contributed by atoms with van der Waals surface area (Å²) in [4.78, 5) is 4.85. The Hall–Kier alpha value is -2.11. The molecule has 2 aromatic carbocycles. The molecule has 1 spiro atoms. The molecule has 2 aliphatic rings. The van der Waals surface area contributed by atoms with E-state index in [-0.39, 0.29) is 16.4 Å². The summed E-state index contributed by atoms with van der Waals surface area (Å²) < 4.78 is 14.2. The van der Waals surface area contributed by atoms with Crippen LogP contribution in [0.1, 0.15) is 18.4 Å². The maximum absolute atomic E-state index is 14.2. The van der Waals surface area contributed by atoms with Crippen molar-refractivity contribution in [2.24, 2.45) is 4.99 Å². The number of nitrogens with zero attached hydrogens (tertiary/aromatic N) is 1. The molecule has 4 nitrogen and oxygen atoms in total. The topological polar surface area (TPSA) is 48.5 Å². The van der Waals surface area contributed by atoms with E-state index in [1.165, 1.54) is 0 Å². The van der Waals surface area contributed by atoms with Gasteiger partial charge in [0.2, 0.25) is 0 Å². The first-order chi connectivity index (χ1) is 12.2. The minimum Gasteiger partial charge on any atom is -0.371 e. The Bertz CT molecular complexity index is 815. The van der Waals surface area contributed by atoms with Gasteiger partial charge < -0.3 is 16.0 Å². The molecular weight excluding hydrogens is 339 g/mol. The van der Waals surface area contributed by atoms with Gasteiger partial charge in [-0.2, -0.15) is 0 Å². The Morgan fingerprint density at radius 3 is 2.76 bits per heavy atom. The van der Waals surface area contributed by atoms with E-state index >= 15 is 0 Å². The van der Waals surface area contributed by atoms with Gasteiger partial charge in [-0.3, -0.25) is 0 Å². The highest BCUT2D eigenvalue weighted by Crippen LogP contribution is 2.36. The first-order valence-electron chi connectivity index (χ1n) is 8.52. The van der Waals surface area contributed by atoms with Crippen molar-refractivity contribution < 1.29 is 4.39 Å². The molecule has 0 aliphatic carbocycles. The van der Waals surface area contributed by atoms with Crippen LogP contribution in [-0.4, -0.2) is 24.5 Å². The van der Waals surface area contributed by atoms with E-state index in [9.17, 15) is 4.39 Å². The van der Waals surface area contributed by atoms with Gasteiger partial charge in [0.1, 0.15) is 11.7 Å². The van der Waals surface area contributed by atoms with Crippen molar-refractivity contribution in [3.05, 3.63) is 58.9 Å². The average Bonchev–Trinajstić information content (AvgIpc) is 2.64. The monoisotopic (exact) mass is 358 g/mol. The summed E-state index contributed by atoms with van der Waals surface area (Å²) in [5, 5.41) is 10.6. The van der Waals surface area contributed by atoms with Crippen LogP contribution in [0.3, 0.4) is 0 Å². The van der Waals surface area contributed by atoms with Crippen molar-refractivity contribution in [1.29, 1.82) is 0 Å². The zero-order valence-corrected chi connectivity index (χ0v) is 14.5. The van der Waals surface area contributed by atoms with E-state index in [2.05, 4.69) is 22.0 Å². The summed E-state index contributed by atoms with van der Waals surface area (Å²) in [6, 6.07) is 13.1. The van der Waals surface area contributed by atoms with Gasteiger partial charge in [-0.15, -0.1) is 0 Å². The Balaban J connectivity index is 1.64. The molecule has 0 atom stereocenters. The molecule has 0 amide bonds. The SMILES string of the molecule is Fc1c(Cl)cccc1CNC1=Nc2ccccc2NC12CCNCC2. The fourth-order valence-corrected chi connectivity index (χ4v) is 3.70. The molecule has 0 radical (unpaired) electrons. The maximum Gasteiger partial charge on any atom is 0.146 e. The number of piperidine rings is 1. The summed E-state index contributed by atoms with van der Waals surface area (Å²) >= 11 is 5.89. The van der Waals surface area contributed by atoms with Crippen LogP contribution >= 0.6 is 11.6 Å². The molecule has 6 heteroatoms. The van der Waals surface area contributed by atoms with Gasteiger partial charge in [0.05, 0.1) is 21.9 Å². The van der Waals surface area contributed by atoms with Gasteiger partial charge in [0.25, 0.3) is 0 Å². The van der Waals surface area contributed by atoms with Crippen LogP contribution in [0.5, 0.6) is 0 Å². The van der Waals surface area contributed by atoms with Crippen molar-refractivity contribution in [2.75, 3.05) is 18.4 Å². The Morgan fingerprint density at radius 2 is 1.92 bits per heavy atom. The molecule has 2 heterocycles. The zero-order chi connectivity index (χ0) is 17.3. The molecule has 1 fully saturated rings. The van der Waals surface area contributed by atoms with E-state index in [4.69, 9.17) is 16.6 Å². The predicted molar refractivity (Wildman–Crippen MR) is 100 cm³/mol. The number of hydrogen-bond acceptors (Lipinski definition) is 4. The van der Waals surface area contributed by atoms with Crippen molar-refractivity contribution in [1.82, 2.24) is 10.6 Å². The van der Waals surface area contributed by atoms with Gasteiger partial charge in [0, 0.05) is 12.1 Å². The van der Waals surface area contributed by atoms with Crippen LogP contribution in [0, 0.1) is 5.82 Å². The number of hydrogen-bond donors (Lipinski definition) is 3. The minimum absolute atomic E-state index is 0.143. The van der Waals surface area contributed by atoms with Crippen LogP contribution in [-0.2, 0) is 6.54 Å². The lowest BCUT2D eigenvalue weighted by Gasteiger charge is -2.43. The third kappa shape index (κ3) is 3.10. The van der Waals surface area contributed by atoms with Gasteiger partial charge in [0.15, 0.2) is 0 Å². The van der Waals surface area contributed by atoms with Crippen LogP contribution in [0.4, 0.5) is 15.8 Å². The highest BCUT2D eigenvalue weighted by molar-refractivity contribution is 6.30. The maximum atomic E-state index is 14.2. The standard InChI is InChI=1S/C19H20ClFN4/c20-14-5-3-4-13(17(14)21)12-23-18-19(8-10-22-11-9-19)25-16-7-2-1-6-15(16)24-18/h1-7,22,25H,8-12H2,(H,23,24). The number of halogens is 2. The fraction of sp³-hybridized carbons (Fsp3) is 0.316. The van der Waals surface area contributed by atoms with Crippen molar-refractivity contribution in [3.8, 4) is 0 Å². The first kappa shape index (κ1) is 16.4. The molecule has 0 saturated carbocycles. The highest BCUT2D eigenvalue weighted by Gasteiger charge is 2.40. The first-order valence-corrected chi connectivity index (χ1v) is 8.90. The number of rotatable bonds is 2. The van der Waals surface area contributed by atoms with Crippen LogP contribution in [0.25, 0.3) is 0 Å². The molecule has 25 heavy (non-hydrogen) atoms. The minimum atomic E-state index is -0.374. The quantitative estimate of drug-likeness (QED) is 0.764. The second-order valence-electron chi connectivity index (χ2n) is 6.50. The third-order valence-corrected chi connectivity index (χ3v) is 5.19. The lowest BCUT2D eigenvalue weighted by Crippen LogP contribution is -2.58. The summed E-state index contributed by atoms with van der Waals surface area (Å²) in [5.74, 6) is 0.493. The largest absolute Gasteiger partial charge is 0.371 e. The Labute approximate surface area is 151 Å². The smallest absolute Gasteiger partial charge is 0.146 e. The van der Waals surface area contributed by atoms with E-state index in [0.717, 1.165) is 43.1 Å². The average molecular weight is 359 g/mol. The normalized spacial score (nSPS) is 18.2. The number of anilines is 1. The second kappa shape index (κ2) is 6.65. The summed E-state index contributed by atoms with van der Waals surface area (Å²) in [5.41, 5.74) is 2.25. The molecular formula is C19H20ClFN4. The molecule has 4 rings (SSSR count). The van der Waals surface area contributed by atoms with Crippen LogP contribution in [0.2, 0.25) is 5.02 Å². The Kier molecular flexibility index (Phi) is 4.36. The number of benzene rings is 2. The van der Waals surface area contributed by atoms with Crippen molar-refractivity contribution in [3.63, 3.8) is 0 Å². The van der Waals surface area contributed by atoms with E-state index < -0.39 is 0 Å². The third-order valence-electron chi connectivity index (χ3n) is 4.90. The molecule has 0 unspecified atom stereocenters. The second-order valence-corrected chi connectivity index (χ2v) is 6.91.